The molecule has 0 amide bonds. The number of morpholine rings is 1. The molecule has 0 bridgehead atoms. The van der Waals surface area contributed by atoms with Gasteiger partial charge in [0.15, 0.2) is 0 Å². The van der Waals surface area contributed by atoms with Crippen molar-refractivity contribution in [1.82, 2.24) is 4.90 Å². The van der Waals surface area contributed by atoms with Gasteiger partial charge in [-0.05, 0) is 47.5 Å². The molecule has 2 fully saturated rings. The lowest BCUT2D eigenvalue weighted by Gasteiger charge is -2.59. The van der Waals surface area contributed by atoms with Crippen LogP contribution < -0.4 is 5.73 Å². The van der Waals surface area contributed by atoms with Crippen molar-refractivity contribution in [2.24, 2.45) is 5.73 Å². The van der Waals surface area contributed by atoms with Crippen molar-refractivity contribution in [2.45, 2.75) is 70.3 Å². The molecule has 1 saturated carbocycles. The Morgan fingerprint density at radius 2 is 1.68 bits per heavy atom. The summed E-state index contributed by atoms with van der Waals surface area (Å²) in [7, 11) is 0. The predicted octanol–water partition coefficient (Wildman–Crippen LogP) is 1.77. The van der Waals surface area contributed by atoms with E-state index in [4.69, 9.17) is 15.2 Å². The fourth-order valence-electron chi connectivity index (χ4n) is 3.82. The molecule has 112 valence electrons. The highest BCUT2D eigenvalue weighted by atomic mass is 16.5. The van der Waals surface area contributed by atoms with Crippen LogP contribution in [0.4, 0.5) is 0 Å². The van der Waals surface area contributed by atoms with E-state index in [2.05, 4.69) is 39.5 Å². The summed E-state index contributed by atoms with van der Waals surface area (Å²) in [5.41, 5.74) is 6.00. The molecule has 0 radical (unpaired) electrons. The zero-order valence-electron chi connectivity index (χ0n) is 13.2. The molecule has 0 atom stereocenters. The van der Waals surface area contributed by atoms with Gasteiger partial charge in [0.25, 0.3) is 0 Å². The maximum Gasteiger partial charge on any atom is 0.0761 e. The van der Waals surface area contributed by atoms with Gasteiger partial charge < -0.3 is 15.2 Å². The molecule has 1 aliphatic heterocycles. The summed E-state index contributed by atoms with van der Waals surface area (Å²) in [4.78, 5) is 2.55. The van der Waals surface area contributed by atoms with Gasteiger partial charge in [0.1, 0.15) is 0 Å². The molecule has 0 aromatic carbocycles. The first-order chi connectivity index (χ1) is 8.72. The van der Waals surface area contributed by atoms with Gasteiger partial charge in [-0.25, -0.2) is 0 Å². The van der Waals surface area contributed by atoms with Gasteiger partial charge in [-0.1, -0.05) is 0 Å². The zero-order valence-corrected chi connectivity index (χ0v) is 13.2. The second-order valence-electron chi connectivity index (χ2n) is 7.39. The molecule has 0 aromatic rings. The summed E-state index contributed by atoms with van der Waals surface area (Å²) in [5.74, 6) is 0. The van der Waals surface area contributed by atoms with E-state index in [0.29, 0.717) is 12.6 Å². The molecule has 19 heavy (non-hydrogen) atoms. The molecule has 4 heteroatoms. The quantitative estimate of drug-likeness (QED) is 0.846. The van der Waals surface area contributed by atoms with Crippen molar-refractivity contribution in [2.75, 3.05) is 26.2 Å². The fraction of sp³-hybridized carbons (Fsp3) is 1.00. The largest absolute Gasteiger partial charge is 0.378 e. The minimum absolute atomic E-state index is 0.110. The monoisotopic (exact) mass is 270 g/mol. The Morgan fingerprint density at radius 1 is 1.16 bits per heavy atom. The minimum Gasteiger partial charge on any atom is -0.378 e. The van der Waals surface area contributed by atoms with Crippen molar-refractivity contribution in [3.8, 4) is 0 Å². The Bertz CT molecular complexity index is 306. The number of hydrogen-bond acceptors (Lipinski definition) is 4. The Hall–Kier alpha value is -0.160. The van der Waals surface area contributed by atoms with Gasteiger partial charge in [-0.3, -0.25) is 4.90 Å². The predicted molar refractivity (Wildman–Crippen MR) is 77.2 cm³/mol. The Morgan fingerprint density at radius 3 is 2.11 bits per heavy atom. The molecule has 1 heterocycles. The third-order valence-electron chi connectivity index (χ3n) is 4.36. The Balaban J connectivity index is 2.07. The van der Waals surface area contributed by atoms with Crippen molar-refractivity contribution in [1.29, 1.82) is 0 Å². The van der Waals surface area contributed by atoms with Gasteiger partial charge in [0, 0.05) is 31.8 Å². The van der Waals surface area contributed by atoms with Crippen LogP contribution in [0.15, 0.2) is 0 Å². The van der Waals surface area contributed by atoms with Crippen LogP contribution in [0.5, 0.6) is 0 Å². The van der Waals surface area contributed by atoms with E-state index in [1.54, 1.807) is 0 Å². The maximum absolute atomic E-state index is 6.16. The molecule has 4 nitrogen and oxygen atoms in total. The van der Waals surface area contributed by atoms with Crippen molar-refractivity contribution in [3.63, 3.8) is 0 Å². The van der Waals surface area contributed by atoms with Gasteiger partial charge >= 0.3 is 0 Å². The summed E-state index contributed by atoms with van der Waals surface area (Å²) in [6, 6.07) is 0. The maximum atomic E-state index is 6.16. The first kappa shape index (κ1) is 15.2. The number of hydrogen-bond donors (Lipinski definition) is 1. The molecular formula is C15H30N2O2. The lowest BCUT2D eigenvalue weighted by atomic mass is 9.71. The minimum atomic E-state index is -0.110. The molecule has 0 aromatic heterocycles. The van der Waals surface area contributed by atoms with E-state index in [0.717, 1.165) is 32.5 Å². The standard InChI is InChI=1S/C15H30N2O2/c1-6-18-12-7-15(8-12,9-16)17-10-13(2,3)19-14(4,5)11-17/h12H,6-11,16H2,1-5H3. The van der Waals surface area contributed by atoms with Gasteiger partial charge in [0.05, 0.1) is 17.3 Å². The van der Waals surface area contributed by atoms with Crippen LogP contribution in [-0.2, 0) is 9.47 Å². The molecule has 2 rings (SSSR count). The lowest BCUT2D eigenvalue weighted by Crippen LogP contribution is -2.71. The van der Waals surface area contributed by atoms with Crippen LogP contribution >= 0.6 is 0 Å². The van der Waals surface area contributed by atoms with Crippen LogP contribution in [-0.4, -0.2) is 54.0 Å². The van der Waals surface area contributed by atoms with Crippen LogP contribution in [0.3, 0.4) is 0 Å². The summed E-state index contributed by atoms with van der Waals surface area (Å²) < 4.78 is 11.9. The first-order valence-electron chi connectivity index (χ1n) is 7.49. The normalized spacial score (nSPS) is 37.9. The summed E-state index contributed by atoms with van der Waals surface area (Å²) in [6.07, 6.45) is 2.51. The molecule has 0 spiro atoms. The SMILES string of the molecule is CCOC1CC(CN)(N2CC(C)(C)OC(C)(C)C2)C1. The molecule has 1 saturated heterocycles. The average molecular weight is 270 g/mol. The second-order valence-corrected chi connectivity index (χ2v) is 7.39. The van der Waals surface area contributed by atoms with Crippen LogP contribution in [0, 0.1) is 0 Å². The van der Waals surface area contributed by atoms with E-state index in [1.807, 2.05) is 0 Å². The first-order valence-corrected chi connectivity index (χ1v) is 7.49. The molecule has 0 unspecified atom stereocenters. The fourth-order valence-corrected chi connectivity index (χ4v) is 3.82. The number of ether oxygens (including phenoxy) is 2. The molecule has 1 aliphatic carbocycles. The number of nitrogens with zero attached hydrogens (tertiary/aromatic N) is 1. The lowest BCUT2D eigenvalue weighted by molar-refractivity contribution is -0.219. The topological polar surface area (TPSA) is 47.7 Å². The van der Waals surface area contributed by atoms with E-state index < -0.39 is 0 Å². The highest BCUT2D eigenvalue weighted by molar-refractivity contribution is 5.08. The summed E-state index contributed by atoms with van der Waals surface area (Å²) in [5, 5.41) is 0. The van der Waals surface area contributed by atoms with Crippen molar-refractivity contribution < 1.29 is 9.47 Å². The van der Waals surface area contributed by atoms with Crippen molar-refractivity contribution in [3.05, 3.63) is 0 Å². The van der Waals surface area contributed by atoms with Crippen LogP contribution in [0.25, 0.3) is 0 Å². The highest BCUT2D eigenvalue weighted by Gasteiger charge is 2.52. The van der Waals surface area contributed by atoms with Gasteiger partial charge in [-0.2, -0.15) is 0 Å². The number of nitrogens with two attached hydrogens (primary N) is 1. The molecule has 2 N–H and O–H groups in total. The van der Waals surface area contributed by atoms with E-state index in [9.17, 15) is 0 Å². The summed E-state index contributed by atoms with van der Waals surface area (Å²) in [6.45, 7) is 14.2. The van der Waals surface area contributed by atoms with E-state index in [1.165, 1.54) is 0 Å². The smallest absolute Gasteiger partial charge is 0.0761 e. The Kier molecular flexibility index (Phi) is 4.00. The third kappa shape index (κ3) is 3.13. The van der Waals surface area contributed by atoms with Crippen LogP contribution in [0.1, 0.15) is 47.5 Å². The van der Waals surface area contributed by atoms with Crippen LogP contribution in [0.2, 0.25) is 0 Å². The van der Waals surface area contributed by atoms with Gasteiger partial charge in [0.2, 0.25) is 0 Å². The van der Waals surface area contributed by atoms with Crippen molar-refractivity contribution >= 4 is 0 Å². The molecule has 2 aliphatic rings. The second kappa shape index (κ2) is 4.99. The van der Waals surface area contributed by atoms with Gasteiger partial charge in [-0.15, -0.1) is 0 Å². The zero-order chi connectivity index (χ0) is 14.3. The highest BCUT2D eigenvalue weighted by Crippen LogP contribution is 2.43. The summed E-state index contributed by atoms with van der Waals surface area (Å²) >= 11 is 0. The third-order valence-corrected chi connectivity index (χ3v) is 4.36. The average Bonchev–Trinajstić information content (AvgIpc) is 2.18. The van der Waals surface area contributed by atoms with E-state index >= 15 is 0 Å². The van der Waals surface area contributed by atoms with E-state index in [-0.39, 0.29) is 16.7 Å². The Labute approximate surface area is 117 Å². The number of rotatable bonds is 4. The molecular weight excluding hydrogens is 240 g/mol.